The summed E-state index contributed by atoms with van der Waals surface area (Å²) >= 11 is 0. The molecular weight excluding hydrogens is 555 g/mol. The summed E-state index contributed by atoms with van der Waals surface area (Å²) < 4.78 is 26.1. The summed E-state index contributed by atoms with van der Waals surface area (Å²) in [6.07, 6.45) is 30.5. The minimum absolute atomic E-state index is 0.198. The molecule has 2 N–H and O–H groups in total. The number of allylic oxidation sites excluding steroid dienone is 4. The molecule has 0 spiro atoms. The monoisotopic (exact) mass is 616 g/mol. The van der Waals surface area contributed by atoms with Crippen LogP contribution in [0.3, 0.4) is 0 Å². The minimum atomic E-state index is -4.74. The number of carbonyl (C=O) groups excluding carboxylic acids is 2. The van der Waals surface area contributed by atoms with Crippen molar-refractivity contribution in [2.24, 2.45) is 0 Å². The van der Waals surface area contributed by atoms with Crippen LogP contribution in [0.5, 0.6) is 0 Å². The van der Waals surface area contributed by atoms with Crippen molar-refractivity contribution in [2.45, 2.75) is 161 Å². The molecule has 0 heterocycles. The van der Waals surface area contributed by atoms with Gasteiger partial charge in [-0.25, -0.2) is 4.57 Å². The van der Waals surface area contributed by atoms with Crippen molar-refractivity contribution in [1.29, 1.82) is 0 Å². The fourth-order valence-electron chi connectivity index (χ4n) is 4.46. The average molecular weight is 617 g/mol. The molecule has 0 amide bonds. The molecule has 0 saturated carbocycles. The highest BCUT2D eigenvalue weighted by Gasteiger charge is 2.22. The maximum Gasteiger partial charge on any atom is 0.469 e. The first-order chi connectivity index (χ1) is 20.3. The van der Waals surface area contributed by atoms with Gasteiger partial charge in [0, 0.05) is 12.8 Å². The highest BCUT2D eigenvalue weighted by atomic mass is 31.2. The van der Waals surface area contributed by atoms with Gasteiger partial charge in [0.1, 0.15) is 6.61 Å². The molecule has 8 nitrogen and oxygen atoms in total. The third-order valence-corrected chi connectivity index (χ3v) is 7.46. The summed E-state index contributed by atoms with van der Waals surface area (Å²) in [6.45, 7) is 3.60. The molecule has 9 heteroatoms. The Labute approximate surface area is 256 Å². The van der Waals surface area contributed by atoms with Crippen molar-refractivity contribution in [3.63, 3.8) is 0 Å². The van der Waals surface area contributed by atoms with Gasteiger partial charge in [0.25, 0.3) is 0 Å². The zero-order valence-corrected chi connectivity index (χ0v) is 27.5. The van der Waals surface area contributed by atoms with Crippen LogP contribution < -0.4 is 0 Å². The maximum atomic E-state index is 12.3. The first-order valence-electron chi connectivity index (χ1n) is 16.6. The van der Waals surface area contributed by atoms with Crippen LogP contribution in [0.15, 0.2) is 24.3 Å². The lowest BCUT2D eigenvalue weighted by Crippen LogP contribution is -2.29. The number of phosphoric acid groups is 1. The van der Waals surface area contributed by atoms with Crippen LogP contribution >= 0.6 is 7.82 Å². The van der Waals surface area contributed by atoms with Gasteiger partial charge < -0.3 is 19.3 Å². The van der Waals surface area contributed by atoms with Gasteiger partial charge in [0.15, 0.2) is 6.10 Å². The molecule has 0 radical (unpaired) electrons. The Bertz CT molecular complexity index is 746. The smallest absolute Gasteiger partial charge is 0.462 e. The summed E-state index contributed by atoms with van der Waals surface area (Å²) in [4.78, 5) is 42.4. The molecule has 0 aromatic heterocycles. The first kappa shape index (κ1) is 40.5. The number of esters is 2. The Morgan fingerprint density at radius 3 is 1.62 bits per heavy atom. The van der Waals surface area contributed by atoms with Gasteiger partial charge in [-0.3, -0.25) is 14.1 Å². The van der Waals surface area contributed by atoms with E-state index in [1.165, 1.54) is 64.2 Å². The van der Waals surface area contributed by atoms with Gasteiger partial charge in [-0.05, 0) is 44.9 Å². The molecule has 0 aliphatic carbocycles. The Morgan fingerprint density at radius 2 is 1.07 bits per heavy atom. The van der Waals surface area contributed by atoms with E-state index in [2.05, 4.69) is 42.7 Å². The fraction of sp³-hybridized carbons (Fsp3) is 0.818. The van der Waals surface area contributed by atoms with Crippen molar-refractivity contribution in [2.75, 3.05) is 13.2 Å². The molecule has 0 saturated heterocycles. The fourth-order valence-corrected chi connectivity index (χ4v) is 4.82. The normalized spacial score (nSPS) is 12.8. The standard InChI is InChI=1S/C33H61O8P/c1-3-5-7-9-11-13-14-15-16-17-18-20-22-24-26-28-33(35)41-31(30-40-42(36,37)38)29-39-32(34)27-25-23-21-19-12-10-8-6-4-2/h11,13,15-16,31H,3-10,12,14,17-30H2,1-2H3,(H2,36,37,38)/b13-11-,16-15-/t31-/m1/s1. The van der Waals surface area contributed by atoms with E-state index in [1.807, 2.05) is 0 Å². The summed E-state index contributed by atoms with van der Waals surface area (Å²) in [5, 5.41) is 0. The molecule has 0 aliphatic rings. The van der Waals surface area contributed by atoms with Crippen molar-refractivity contribution in [3.8, 4) is 0 Å². The van der Waals surface area contributed by atoms with Gasteiger partial charge in [0.05, 0.1) is 6.61 Å². The van der Waals surface area contributed by atoms with E-state index in [9.17, 15) is 14.2 Å². The number of unbranched alkanes of at least 4 members (excludes halogenated alkanes) is 16. The van der Waals surface area contributed by atoms with Crippen molar-refractivity contribution in [1.82, 2.24) is 0 Å². The second-order valence-electron chi connectivity index (χ2n) is 11.1. The molecular formula is C33H61O8P. The summed E-state index contributed by atoms with van der Waals surface area (Å²) in [5.41, 5.74) is 0. The van der Waals surface area contributed by atoms with Crippen molar-refractivity contribution >= 4 is 19.8 Å². The highest BCUT2D eigenvalue weighted by molar-refractivity contribution is 7.46. The second-order valence-corrected chi connectivity index (χ2v) is 12.4. The number of carbonyl (C=O) groups is 2. The van der Waals surface area contributed by atoms with Gasteiger partial charge in [-0.15, -0.1) is 0 Å². The maximum absolute atomic E-state index is 12.3. The predicted molar refractivity (Wildman–Crippen MR) is 170 cm³/mol. The van der Waals surface area contributed by atoms with Crippen LogP contribution in [0.25, 0.3) is 0 Å². The molecule has 246 valence electrons. The number of hydrogen-bond acceptors (Lipinski definition) is 6. The Balaban J connectivity index is 4.04. The number of hydrogen-bond donors (Lipinski definition) is 2. The summed E-state index contributed by atoms with van der Waals surface area (Å²) in [7, 11) is -4.74. The Morgan fingerprint density at radius 1 is 0.619 bits per heavy atom. The van der Waals surface area contributed by atoms with E-state index < -0.39 is 32.5 Å². The summed E-state index contributed by atoms with van der Waals surface area (Å²) in [5.74, 6) is -0.904. The Hall–Kier alpha value is -1.47. The molecule has 0 fully saturated rings. The molecule has 42 heavy (non-hydrogen) atoms. The zero-order chi connectivity index (χ0) is 31.2. The van der Waals surface area contributed by atoms with E-state index in [1.54, 1.807) is 0 Å². The molecule has 0 aromatic carbocycles. The lowest BCUT2D eigenvalue weighted by molar-refractivity contribution is -0.161. The van der Waals surface area contributed by atoms with Gasteiger partial charge >= 0.3 is 19.8 Å². The van der Waals surface area contributed by atoms with E-state index in [0.29, 0.717) is 6.42 Å². The minimum Gasteiger partial charge on any atom is -0.462 e. The van der Waals surface area contributed by atoms with Crippen LogP contribution in [0.4, 0.5) is 0 Å². The van der Waals surface area contributed by atoms with E-state index >= 15 is 0 Å². The van der Waals surface area contributed by atoms with Crippen LogP contribution in [-0.4, -0.2) is 41.0 Å². The van der Waals surface area contributed by atoms with Gasteiger partial charge in [-0.2, -0.15) is 0 Å². The number of phosphoric ester groups is 1. The third-order valence-electron chi connectivity index (χ3n) is 6.97. The van der Waals surface area contributed by atoms with Crippen molar-refractivity contribution in [3.05, 3.63) is 24.3 Å². The molecule has 0 bridgehead atoms. The van der Waals surface area contributed by atoms with E-state index in [0.717, 1.165) is 57.8 Å². The van der Waals surface area contributed by atoms with Gasteiger partial charge in [0.2, 0.25) is 0 Å². The van der Waals surface area contributed by atoms with Crippen molar-refractivity contribution < 1.29 is 37.9 Å². The van der Waals surface area contributed by atoms with Crippen LogP contribution in [0.1, 0.15) is 155 Å². The van der Waals surface area contributed by atoms with Crippen LogP contribution in [0.2, 0.25) is 0 Å². The molecule has 1 atom stereocenters. The van der Waals surface area contributed by atoms with E-state index in [4.69, 9.17) is 19.3 Å². The number of ether oxygens (including phenoxy) is 2. The average Bonchev–Trinajstić information content (AvgIpc) is 2.95. The van der Waals surface area contributed by atoms with Crippen LogP contribution in [0, 0.1) is 0 Å². The first-order valence-corrected chi connectivity index (χ1v) is 18.2. The van der Waals surface area contributed by atoms with E-state index in [-0.39, 0.29) is 19.4 Å². The predicted octanol–water partition coefficient (Wildman–Crippen LogP) is 9.29. The lowest BCUT2D eigenvalue weighted by atomic mass is 10.1. The summed E-state index contributed by atoms with van der Waals surface area (Å²) in [6, 6.07) is 0. The molecule has 0 unspecified atom stereocenters. The lowest BCUT2D eigenvalue weighted by Gasteiger charge is -2.18. The third kappa shape index (κ3) is 31.5. The highest BCUT2D eigenvalue weighted by Crippen LogP contribution is 2.35. The number of rotatable bonds is 30. The SMILES string of the molecule is CCCCC/C=C\C/C=C\CCCCCCCC(=O)O[C@H](COC(=O)CCCCCCCCCCC)COP(=O)(O)O. The topological polar surface area (TPSA) is 119 Å². The Kier molecular flexibility index (Phi) is 28.6. The largest absolute Gasteiger partial charge is 0.469 e. The molecule has 0 rings (SSSR count). The molecule has 0 aromatic rings. The molecule has 0 aliphatic heterocycles. The second kappa shape index (κ2) is 29.6. The zero-order valence-electron chi connectivity index (χ0n) is 26.6. The quantitative estimate of drug-likeness (QED) is 0.0355. The van der Waals surface area contributed by atoms with Gasteiger partial charge in [-0.1, -0.05) is 122 Å². The van der Waals surface area contributed by atoms with Crippen LogP contribution in [-0.2, 0) is 28.2 Å².